The Labute approximate surface area is 211 Å². The zero-order valence-corrected chi connectivity index (χ0v) is 20.9. The molecule has 1 saturated heterocycles. The number of fused-ring (bicyclic) bond motifs is 1. The monoisotopic (exact) mass is 495 g/mol. The third-order valence-corrected chi connectivity index (χ3v) is 6.84. The first kappa shape index (κ1) is 25.3. The van der Waals surface area contributed by atoms with E-state index in [4.69, 9.17) is 14.2 Å². The van der Waals surface area contributed by atoms with Crippen LogP contribution in [0, 0.1) is 5.92 Å². The van der Waals surface area contributed by atoms with Gasteiger partial charge >= 0.3 is 0 Å². The smallest absolute Gasteiger partial charge is 0.253 e. The van der Waals surface area contributed by atoms with Crippen molar-refractivity contribution in [3.05, 3.63) is 53.6 Å². The molecule has 0 spiro atoms. The number of carbonyl (C=O) groups is 3. The van der Waals surface area contributed by atoms with E-state index in [0.717, 1.165) is 6.42 Å². The van der Waals surface area contributed by atoms with E-state index in [1.807, 2.05) is 13.8 Å². The Hall–Kier alpha value is -3.75. The summed E-state index contributed by atoms with van der Waals surface area (Å²) < 4.78 is 15.9. The highest BCUT2D eigenvalue weighted by Gasteiger charge is 2.35. The van der Waals surface area contributed by atoms with Crippen molar-refractivity contribution in [3.8, 4) is 17.2 Å². The van der Waals surface area contributed by atoms with Crippen LogP contribution in [0.5, 0.6) is 17.2 Å². The minimum Gasteiger partial charge on any atom is -0.497 e. The molecule has 4 rings (SSSR count). The molecule has 2 aromatic rings. The number of piperidine rings is 1. The van der Waals surface area contributed by atoms with E-state index in [9.17, 15) is 14.4 Å². The van der Waals surface area contributed by atoms with Crippen molar-refractivity contribution in [1.82, 2.24) is 15.5 Å². The number of hydrogen-bond acceptors (Lipinski definition) is 6. The first-order chi connectivity index (χ1) is 17.4. The van der Waals surface area contributed by atoms with Crippen LogP contribution in [0.15, 0.2) is 42.5 Å². The number of likely N-dealkylation sites (tertiary alicyclic amines) is 1. The van der Waals surface area contributed by atoms with Crippen LogP contribution in [-0.2, 0) is 4.79 Å². The molecule has 2 aliphatic rings. The van der Waals surface area contributed by atoms with Gasteiger partial charge in [-0.15, -0.1) is 0 Å². The summed E-state index contributed by atoms with van der Waals surface area (Å²) in [5.74, 6) is 1.14. The summed E-state index contributed by atoms with van der Waals surface area (Å²) in [7, 11) is 1.56. The maximum Gasteiger partial charge on any atom is 0.253 e. The van der Waals surface area contributed by atoms with Gasteiger partial charge in [0.1, 0.15) is 11.8 Å². The number of ether oxygens (including phenoxy) is 3. The molecule has 0 unspecified atom stereocenters. The van der Waals surface area contributed by atoms with Crippen LogP contribution in [0.2, 0.25) is 0 Å². The summed E-state index contributed by atoms with van der Waals surface area (Å²) >= 11 is 0. The average molecular weight is 496 g/mol. The molecule has 0 radical (unpaired) electrons. The number of carbonyl (C=O) groups excluding carboxylic acids is 3. The lowest BCUT2D eigenvalue weighted by Gasteiger charge is -2.36. The first-order valence-corrected chi connectivity index (χ1v) is 12.3. The molecular weight excluding hydrogens is 462 g/mol. The number of benzene rings is 2. The predicted octanol–water partition coefficient (Wildman–Crippen LogP) is 2.99. The Morgan fingerprint density at radius 1 is 1.00 bits per heavy atom. The number of hydrogen-bond donors (Lipinski definition) is 2. The Morgan fingerprint density at radius 3 is 2.33 bits per heavy atom. The molecule has 9 heteroatoms. The minimum atomic E-state index is -0.698. The number of nitrogens with zero attached hydrogens (tertiary/aromatic N) is 1. The third kappa shape index (κ3) is 5.72. The number of nitrogens with one attached hydrogen (secondary N) is 2. The van der Waals surface area contributed by atoms with Crippen molar-refractivity contribution in [2.75, 3.05) is 27.0 Å². The van der Waals surface area contributed by atoms with Gasteiger partial charge in [0.2, 0.25) is 12.7 Å². The van der Waals surface area contributed by atoms with Crippen LogP contribution >= 0.6 is 0 Å². The Kier molecular flexibility index (Phi) is 7.97. The number of methoxy groups -OCH3 is 1. The zero-order chi connectivity index (χ0) is 25.7. The fraction of sp³-hybridized carbons (Fsp3) is 0.444. The van der Waals surface area contributed by atoms with Crippen LogP contribution in [0.1, 0.15) is 53.8 Å². The fourth-order valence-electron chi connectivity index (χ4n) is 4.45. The molecule has 0 aliphatic carbocycles. The molecule has 36 heavy (non-hydrogen) atoms. The van der Waals surface area contributed by atoms with Crippen molar-refractivity contribution in [1.29, 1.82) is 0 Å². The van der Waals surface area contributed by atoms with Gasteiger partial charge < -0.3 is 29.7 Å². The van der Waals surface area contributed by atoms with Crippen LogP contribution in [-0.4, -0.2) is 61.7 Å². The molecule has 0 saturated carbocycles. The van der Waals surface area contributed by atoms with Crippen LogP contribution in [0.25, 0.3) is 0 Å². The van der Waals surface area contributed by atoms with E-state index in [1.54, 1.807) is 54.5 Å². The van der Waals surface area contributed by atoms with E-state index in [0.29, 0.717) is 54.3 Å². The fourth-order valence-corrected chi connectivity index (χ4v) is 4.45. The van der Waals surface area contributed by atoms with Gasteiger partial charge in [0.15, 0.2) is 11.5 Å². The van der Waals surface area contributed by atoms with E-state index in [1.165, 1.54) is 0 Å². The normalized spacial score (nSPS) is 16.7. The molecule has 9 nitrogen and oxygen atoms in total. The van der Waals surface area contributed by atoms with Crippen molar-refractivity contribution in [2.45, 2.75) is 45.2 Å². The van der Waals surface area contributed by atoms with Crippen molar-refractivity contribution < 1.29 is 28.6 Å². The highest BCUT2D eigenvalue weighted by molar-refractivity contribution is 5.98. The third-order valence-electron chi connectivity index (χ3n) is 6.84. The molecule has 2 heterocycles. The van der Waals surface area contributed by atoms with Crippen molar-refractivity contribution in [2.24, 2.45) is 5.92 Å². The standard InChI is InChI=1S/C27H33N3O6/c1-4-17(2)28-26(32)24(29-25(31)19-5-8-21(34-3)9-6-19)18-11-13-30(14-12-18)27(33)20-7-10-22-23(15-20)36-16-35-22/h5-10,15,17-18,24H,4,11-14,16H2,1-3H3,(H,28,32)(H,29,31)/t17-,24+/m1/s1. The van der Waals surface area contributed by atoms with Crippen LogP contribution < -0.4 is 24.8 Å². The largest absolute Gasteiger partial charge is 0.497 e. The molecule has 2 aromatic carbocycles. The predicted molar refractivity (Wildman–Crippen MR) is 133 cm³/mol. The van der Waals surface area contributed by atoms with Gasteiger partial charge in [0.05, 0.1) is 7.11 Å². The van der Waals surface area contributed by atoms with Gasteiger partial charge in [-0.25, -0.2) is 0 Å². The van der Waals surface area contributed by atoms with Gasteiger partial charge in [-0.3, -0.25) is 14.4 Å². The molecule has 3 amide bonds. The molecule has 0 bridgehead atoms. The SMILES string of the molecule is CC[C@@H](C)NC(=O)[C@@H](NC(=O)c1ccc(OC)cc1)C1CCN(C(=O)c2ccc3c(c2)OCO3)CC1. The maximum absolute atomic E-state index is 13.2. The lowest BCUT2D eigenvalue weighted by molar-refractivity contribution is -0.125. The summed E-state index contributed by atoms with van der Waals surface area (Å²) in [4.78, 5) is 41.0. The molecule has 2 atom stereocenters. The van der Waals surface area contributed by atoms with Gasteiger partial charge in [-0.05, 0) is 74.6 Å². The highest BCUT2D eigenvalue weighted by atomic mass is 16.7. The summed E-state index contributed by atoms with van der Waals surface area (Å²) in [5.41, 5.74) is 0.990. The van der Waals surface area contributed by atoms with Gasteiger partial charge in [-0.2, -0.15) is 0 Å². The quantitative estimate of drug-likeness (QED) is 0.583. The summed E-state index contributed by atoms with van der Waals surface area (Å²) in [6.07, 6.45) is 1.98. The lowest BCUT2D eigenvalue weighted by Crippen LogP contribution is -2.55. The second-order valence-electron chi connectivity index (χ2n) is 9.20. The molecule has 2 N–H and O–H groups in total. The summed E-state index contributed by atoms with van der Waals surface area (Å²) in [5, 5.41) is 5.95. The maximum atomic E-state index is 13.2. The molecular formula is C27H33N3O6. The molecule has 0 aromatic heterocycles. The summed E-state index contributed by atoms with van der Waals surface area (Å²) in [6, 6.07) is 11.2. The Bertz CT molecular complexity index is 1100. The minimum absolute atomic E-state index is 0.00874. The van der Waals surface area contributed by atoms with Crippen molar-refractivity contribution >= 4 is 17.7 Å². The number of rotatable bonds is 8. The van der Waals surface area contributed by atoms with E-state index in [2.05, 4.69) is 10.6 Å². The van der Waals surface area contributed by atoms with E-state index in [-0.39, 0.29) is 36.5 Å². The Balaban J connectivity index is 1.43. The summed E-state index contributed by atoms with van der Waals surface area (Å²) in [6.45, 7) is 5.07. The van der Waals surface area contributed by atoms with Gasteiger partial charge in [0.25, 0.3) is 11.8 Å². The van der Waals surface area contributed by atoms with Crippen molar-refractivity contribution in [3.63, 3.8) is 0 Å². The molecule has 192 valence electrons. The highest BCUT2D eigenvalue weighted by Crippen LogP contribution is 2.33. The molecule has 2 aliphatic heterocycles. The number of amides is 3. The lowest BCUT2D eigenvalue weighted by atomic mass is 9.88. The zero-order valence-electron chi connectivity index (χ0n) is 20.9. The first-order valence-electron chi connectivity index (χ1n) is 12.3. The second-order valence-corrected chi connectivity index (χ2v) is 9.20. The second kappa shape index (κ2) is 11.3. The van der Waals surface area contributed by atoms with E-state index < -0.39 is 6.04 Å². The van der Waals surface area contributed by atoms with Gasteiger partial charge in [0, 0.05) is 30.3 Å². The molecule has 1 fully saturated rings. The average Bonchev–Trinajstić information content (AvgIpc) is 3.39. The Morgan fingerprint density at radius 2 is 1.67 bits per heavy atom. The van der Waals surface area contributed by atoms with Crippen LogP contribution in [0.4, 0.5) is 0 Å². The van der Waals surface area contributed by atoms with E-state index >= 15 is 0 Å². The van der Waals surface area contributed by atoms with Crippen LogP contribution in [0.3, 0.4) is 0 Å². The van der Waals surface area contributed by atoms with Gasteiger partial charge in [-0.1, -0.05) is 6.92 Å². The topological polar surface area (TPSA) is 106 Å².